The van der Waals surface area contributed by atoms with Gasteiger partial charge in [0.15, 0.2) is 5.11 Å². The molecule has 4 nitrogen and oxygen atoms in total. The highest BCUT2D eigenvalue weighted by molar-refractivity contribution is 7.80. The van der Waals surface area contributed by atoms with Crippen LogP contribution in [0.25, 0.3) is 0 Å². The van der Waals surface area contributed by atoms with Gasteiger partial charge >= 0.3 is 0 Å². The molecule has 0 saturated carbocycles. The van der Waals surface area contributed by atoms with Gasteiger partial charge in [-0.15, -0.1) is 0 Å². The standard InChI is InChI=1S/C19H17ClN4S/c1-12-5-10-16(22-12)18-17(15-4-2-3-11-21-15)23-19(25)24(18)14-8-6-13(20)7-9-14/h2-11,17-18,22H,1H3,(H,23,25)/t17-,18-/m1/s1. The van der Waals surface area contributed by atoms with Crippen molar-refractivity contribution in [2.24, 2.45) is 0 Å². The predicted molar refractivity (Wildman–Crippen MR) is 105 cm³/mol. The van der Waals surface area contributed by atoms with Crippen molar-refractivity contribution in [3.63, 3.8) is 0 Å². The molecular weight excluding hydrogens is 352 g/mol. The lowest BCUT2D eigenvalue weighted by Crippen LogP contribution is -2.29. The topological polar surface area (TPSA) is 44.0 Å². The first kappa shape index (κ1) is 16.1. The third-order valence-corrected chi connectivity index (χ3v) is 4.94. The number of halogens is 1. The normalized spacial score (nSPS) is 19.9. The molecule has 0 unspecified atom stereocenters. The molecule has 2 aromatic heterocycles. The van der Waals surface area contributed by atoms with E-state index in [1.807, 2.05) is 55.6 Å². The van der Waals surface area contributed by atoms with E-state index in [-0.39, 0.29) is 12.1 Å². The van der Waals surface area contributed by atoms with E-state index >= 15 is 0 Å². The van der Waals surface area contributed by atoms with Crippen LogP contribution in [0.4, 0.5) is 5.69 Å². The summed E-state index contributed by atoms with van der Waals surface area (Å²) < 4.78 is 0. The zero-order valence-electron chi connectivity index (χ0n) is 13.6. The average molecular weight is 369 g/mol. The number of aryl methyl sites for hydroxylation is 1. The van der Waals surface area contributed by atoms with E-state index in [4.69, 9.17) is 23.8 Å². The third kappa shape index (κ3) is 3.01. The molecule has 1 fully saturated rings. The summed E-state index contributed by atoms with van der Waals surface area (Å²) in [5.74, 6) is 0. The molecule has 0 radical (unpaired) electrons. The van der Waals surface area contributed by atoms with Crippen LogP contribution in [0, 0.1) is 6.92 Å². The first-order chi connectivity index (χ1) is 12.1. The van der Waals surface area contributed by atoms with Crippen molar-refractivity contribution in [1.82, 2.24) is 15.3 Å². The van der Waals surface area contributed by atoms with Crippen molar-refractivity contribution in [2.45, 2.75) is 19.0 Å². The summed E-state index contributed by atoms with van der Waals surface area (Å²) in [6.07, 6.45) is 1.81. The Labute approximate surface area is 156 Å². The van der Waals surface area contributed by atoms with E-state index in [0.717, 1.165) is 22.8 Å². The minimum Gasteiger partial charge on any atom is -0.361 e. The van der Waals surface area contributed by atoms with Gasteiger partial charge in [0.05, 0.1) is 11.7 Å². The summed E-state index contributed by atoms with van der Waals surface area (Å²) >= 11 is 11.7. The first-order valence-corrected chi connectivity index (χ1v) is 8.84. The van der Waals surface area contributed by atoms with Crippen molar-refractivity contribution >= 4 is 34.6 Å². The lowest BCUT2D eigenvalue weighted by molar-refractivity contribution is 0.558. The maximum absolute atomic E-state index is 6.05. The van der Waals surface area contributed by atoms with E-state index in [1.54, 1.807) is 0 Å². The van der Waals surface area contributed by atoms with Gasteiger partial charge in [-0.1, -0.05) is 17.7 Å². The van der Waals surface area contributed by atoms with Crippen LogP contribution in [-0.4, -0.2) is 15.1 Å². The Morgan fingerprint density at radius 2 is 1.88 bits per heavy atom. The van der Waals surface area contributed by atoms with E-state index in [1.165, 1.54) is 0 Å². The Balaban J connectivity index is 1.81. The second-order valence-corrected chi connectivity index (χ2v) is 6.89. The van der Waals surface area contributed by atoms with Gasteiger partial charge in [0.2, 0.25) is 0 Å². The van der Waals surface area contributed by atoms with Gasteiger partial charge in [-0.2, -0.15) is 0 Å². The molecule has 0 bridgehead atoms. The average Bonchev–Trinajstić information content (AvgIpc) is 3.20. The predicted octanol–water partition coefficient (Wildman–Crippen LogP) is 4.55. The van der Waals surface area contributed by atoms with Gasteiger partial charge in [0.1, 0.15) is 6.04 Å². The number of nitrogens with zero attached hydrogens (tertiary/aromatic N) is 2. The summed E-state index contributed by atoms with van der Waals surface area (Å²) in [5, 5.41) is 4.81. The van der Waals surface area contributed by atoms with E-state index in [0.29, 0.717) is 10.1 Å². The molecule has 1 saturated heterocycles. The van der Waals surface area contributed by atoms with E-state index in [2.05, 4.69) is 32.3 Å². The number of hydrogen-bond donors (Lipinski definition) is 2. The minimum atomic E-state index is -0.0394. The molecular formula is C19H17ClN4S. The fraction of sp³-hybridized carbons (Fsp3) is 0.158. The number of H-pyrrole nitrogens is 1. The van der Waals surface area contributed by atoms with E-state index in [9.17, 15) is 0 Å². The molecule has 3 heterocycles. The lowest BCUT2D eigenvalue weighted by Gasteiger charge is -2.27. The lowest BCUT2D eigenvalue weighted by atomic mass is 10.0. The number of aromatic nitrogens is 2. The van der Waals surface area contributed by atoms with Gasteiger partial charge in [-0.05, 0) is 67.7 Å². The molecule has 2 N–H and O–H groups in total. The maximum atomic E-state index is 6.05. The van der Waals surface area contributed by atoms with Crippen molar-refractivity contribution < 1.29 is 0 Å². The highest BCUT2D eigenvalue weighted by atomic mass is 35.5. The van der Waals surface area contributed by atoms with Crippen LogP contribution in [0.2, 0.25) is 5.02 Å². The molecule has 1 aromatic carbocycles. The molecule has 25 heavy (non-hydrogen) atoms. The molecule has 1 aliphatic rings. The molecule has 0 amide bonds. The second-order valence-electron chi connectivity index (χ2n) is 6.07. The summed E-state index contributed by atoms with van der Waals surface area (Å²) in [4.78, 5) is 10.1. The zero-order valence-corrected chi connectivity index (χ0v) is 15.2. The smallest absolute Gasteiger partial charge is 0.174 e. The minimum absolute atomic E-state index is 0.0164. The summed E-state index contributed by atoms with van der Waals surface area (Å²) in [5.41, 5.74) is 4.16. The molecule has 1 aliphatic heterocycles. The Morgan fingerprint density at radius 3 is 2.52 bits per heavy atom. The number of rotatable bonds is 3. The van der Waals surface area contributed by atoms with Crippen LogP contribution in [0.3, 0.4) is 0 Å². The molecule has 0 aliphatic carbocycles. The highest BCUT2D eigenvalue weighted by Gasteiger charge is 2.41. The molecule has 6 heteroatoms. The molecule has 4 rings (SSSR count). The van der Waals surface area contributed by atoms with Crippen LogP contribution in [0.5, 0.6) is 0 Å². The first-order valence-electron chi connectivity index (χ1n) is 8.05. The van der Waals surface area contributed by atoms with Gasteiger partial charge in [0, 0.05) is 28.3 Å². The highest BCUT2D eigenvalue weighted by Crippen LogP contribution is 2.41. The van der Waals surface area contributed by atoms with Gasteiger partial charge in [-0.3, -0.25) is 4.98 Å². The monoisotopic (exact) mass is 368 g/mol. The number of nitrogens with one attached hydrogen (secondary N) is 2. The number of thiocarbonyl (C=S) groups is 1. The Morgan fingerprint density at radius 1 is 1.08 bits per heavy atom. The van der Waals surface area contributed by atoms with Crippen molar-refractivity contribution in [3.8, 4) is 0 Å². The van der Waals surface area contributed by atoms with Crippen molar-refractivity contribution in [1.29, 1.82) is 0 Å². The third-order valence-electron chi connectivity index (χ3n) is 4.38. The second kappa shape index (κ2) is 6.50. The SMILES string of the molecule is Cc1ccc([C@@H]2[C@@H](c3ccccn3)NC(=S)N2c2ccc(Cl)cc2)[nH]1. The largest absolute Gasteiger partial charge is 0.361 e. The summed E-state index contributed by atoms with van der Waals surface area (Å²) in [7, 11) is 0. The van der Waals surface area contributed by atoms with Crippen LogP contribution in [-0.2, 0) is 0 Å². The number of aromatic amines is 1. The van der Waals surface area contributed by atoms with Crippen molar-refractivity contribution in [3.05, 3.63) is 82.9 Å². The van der Waals surface area contributed by atoms with Gasteiger partial charge < -0.3 is 15.2 Å². The number of benzene rings is 1. The zero-order chi connectivity index (χ0) is 17.4. The Hall–Kier alpha value is -2.37. The molecule has 3 aromatic rings. The fourth-order valence-corrected chi connectivity index (χ4v) is 3.72. The summed E-state index contributed by atoms with van der Waals surface area (Å²) in [6, 6.07) is 17.8. The van der Waals surface area contributed by atoms with Crippen LogP contribution >= 0.6 is 23.8 Å². The number of hydrogen-bond acceptors (Lipinski definition) is 2. The molecule has 0 spiro atoms. The number of anilines is 1. The van der Waals surface area contributed by atoms with Gasteiger partial charge in [0.25, 0.3) is 0 Å². The van der Waals surface area contributed by atoms with Crippen LogP contribution in [0.15, 0.2) is 60.8 Å². The Bertz CT molecular complexity index is 891. The number of pyridine rings is 1. The molecule has 2 atom stereocenters. The van der Waals surface area contributed by atoms with Gasteiger partial charge in [-0.25, -0.2) is 0 Å². The Kier molecular flexibility index (Phi) is 4.19. The summed E-state index contributed by atoms with van der Waals surface area (Å²) in [6.45, 7) is 2.05. The van der Waals surface area contributed by atoms with Crippen LogP contribution < -0.4 is 10.2 Å². The quantitative estimate of drug-likeness (QED) is 0.666. The maximum Gasteiger partial charge on any atom is 0.174 e. The van der Waals surface area contributed by atoms with E-state index < -0.39 is 0 Å². The van der Waals surface area contributed by atoms with Crippen molar-refractivity contribution in [2.75, 3.05) is 4.90 Å². The van der Waals surface area contributed by atoms with Crippen LogP contribution in [0.1, 0.15) is 29.2 Å². The molecule has 126 valence electrons. The fourth-order valence-electron chi connectivity index (χ4n) is 3.25.